The van der Waals surface area contributed by atoms with Crippen molar-refractivity contribution >= 4 is 5.69 Å². The third kappa shape index (κ3) is 3.07. The van der Waals surface area contributed by atoms with Gasteiger partial charge in [-0.1, -0.05) is 12.1 Å². The van der Waals surface area contributed by atoms with Crippen molar-refractivity contribution in [2.24, 2.45) is 5.73 Å². The van der Waals surface area contributed by atoms with Crippen LogP contribution in [-0.4, -0.2) is 37.6 Å². The molecule has 0 spiro atoms. The van der Waals surface area contributed by atoms with Gasteiger partial charge in [0.2, 0.25) is 0 Å². The molecular formula is C15H24FN3. The van der Waals surface area contributed by atoms with Gasteiger partial charge in [0, 0.05) is 25.2 Å². The van der Waals surface area contributed by atoms with E-state index < -0.39 is 0 Å². The highest BCUT2D eigenvalue weighted by Gasteiger charge is 2.25. The first-order valence-corrected chi connectivity index (χ1v) is 7.00. The van der Waals surface area contributed by atoms with E-state index in [4.69, 9.17) is 5.73 Å². The van der Waals surface area contributed by atoms with E-state index in [-0.39, 0.29) is 11.9 Å². The largest absolute Gasteiger partial charge is 0.365 e. The minimum atomic E-state index is -0.161. The fourth-order valence-electron chi connectivity index (χ4n) is 2.91. The second kappa shape index (κ2) is 5.88. The molecule has 3 nitrogen and oxygen atoms in total. The zero-order valence-corrected chi connectivity index (χ0v) is 12.1. The van der Waals surface area contributed by atoms with Gasteiger partial charge in [-0.15, -0.1) is 0 Å². The van der Waals surface area contributed by atoms with Crippen molar-refractivity contribution in [2.75, 3.05) is 31.6 Å². The summed E-state index contributed by atoms with van der Waals surface area (Å²) in [5.74, 6) is -0.161. The number of nitrogens with two attached hydrogens (primary N) is 1. The molecule has 0 saturated carbocycles. The molecule has 2 atom stereocenters. The van der Waals surface area contributed by atoms with Crippen LogP contribution in [0.25, 0.3) is 0 Å². The van der Waals surface area contributed by atoms with Crippen LogP contribution in [0.5, 0.6) is 0 Å². The number of rotatable bonds is 2. The number of anilines is 1. The highest BCUT2D eigenvalue weighted by Crippen LogP contribution is 2.31. The molecule has 1 heterocycles. The standard InChI is InChI=1S/C15H24FN3/c1-11-10-18(3)8-5-9-19(11)15-13(12(2)17)6-4-7-14(15)16/h4,6-7,11-12H,5,8-10,17H2,1-3H3. The molecule has 0 bridgehead atoms. The molecule has 2 N–H and O–H groups in total. The summed E-state index contributed by atoms with van der Waals surface area (Å²) in [7, 11) is 2.12. The van der Waals surface area contributed by atoms with Crippen LogP contribution in [-0.2, 0) is 0 Å². The molecule has 2 rings (SSSR count). The average Bonchev–Trinajstić information content (AvgIpc) is 2.50. The maximum Gasteiger partial charge on any atom is 0.146 e. The Balaban J connectivity index is 2.39. The van der Waals surface area contributed by atoms with Gasteiger partial charge in [-0.05, 0) is 45.5 Å². The van der Waals surface area contributed by atoms with Gasteiger partial charge in [-0.25, -0.2) is 4.39 Å². The second-order valence-electron chi connectivity index (χ2n) is 5.62. The molecule has 0 aliphatic carbocycles. The Morgan fingerprint density at radius 1 is 1.37 bits per heavy atom. The Kier molecular flexibility index (Phi) is 4.42. The smallest absolute Gasteiger partial charge is 0.146 e. The van der Waals surface area contributed by atoms with Crippen LogP contribution in [0.15, 0.2) is 18.2 Å². The van der Waals surface area contributed by atoms with Crippen LogP contribution in [0.2, 0.25) is 0 Å². The fraction of sp³-hybridized carbons (Fsp3) is 0.600. The van der Waals surface area contributed by atoms with Crippen LogP contribution >= 0.6 is 0 Å². The monoisotopic (exact) mass is 265 g/mol. The van der Waals surface area contributed by atoms with Crippen molar-refractivity contribution in [1.82, 2.24) is 4.90 Å². The molecule has 0 amide bonds. The first kappa shape index (κ1) is 14.3. The lowest BCUT2D eigenvalue weighted by Crippen LogP contribution is -2.39. The summed E-state index contributed by atoms with van der Waals surface area (Å²) in [6, 6.07) is 5.35. The van der Waals surface area contributed by atoms with E-state index in [1.54, 1.807) is 6.07 Å². The third-order valence-corrected chi connectivity index (χ3v) is 3.84. The predicted molar refractivity (Wildman–Crippen MR) is 77.9 cm³/mol. The van der Waals surface area contributed by atoms with Gasteiger partial charge in [0.1, 0.15) is 5.82 Å². The number of nitrogens with zero attached hydrogens (tertiary/aromatic N) is 2. The van der Waals surface area contributed by atoms with Crippen molar-refractivity contribution in [1.29, 1.82) is 0 Å². The van der Waals surface area contributed by atoms with Crippen molar-refractivity contribution in [3.8, 4) is 0 Å². The molecule has 1 aliphatic heterocycles. The molecule has 0 radical (unpaired) electrons. The van der Waals surface area contributed by atoms with Crippen LogP contribution in [0.3, 0.4) is 0 Å². The van der Waals surface area contributed by atoms with Gasteiger partial charge >= 0.3 is 0 Å². The lowest BCUT2D eigenvalue weighted by Gasteiger charge is -2.32. The zero-order chi connectivity index (χ0) is 14.0. The maximum absolute atomic E-state index is 14.3. The minimum absolute atomic E-state index is 0.154. The van der Waals surface area contributed by atoms with Gasteiger partial charge < -0.3 is 15.5 Å². The van der Waals surface area contributed by atoms with Crippen molar-refractivity contribution in [3.63, 3.8) is 0 Å². The molecule has 1 aromatic carbocycles. The van der Waals surface area contributed by atoms with Crippen molar-refractivity contribution < 1.29 is 4.39 Å². The molecule has 1 saturated heterocycles. The summed E-state index contributed by atoms with van der Waals surface area (Å²) < 4.78 is 14.3. The number of para-hydroxylation sites is 1. The molecule has 106 valence electrons. The highest BCUT2D eigenvalue weighted by molar-refractivity contribution is 5.57. The summed E-state index contributed by atoms with van der Waals surface area (Å²) >= 11 is 0. The van der Waals surface area contributed by atoms with Crippen LogP contribution in [0.1, 0.15) is 31.9 Å². The summed E-state index contributed by atoms with van der Waals surface area (Å²) in [5, 5.41) is 0. The lowest BCUT2D eigenvalue weighted by molar-refractivity contribution is 0.337. The van der Waals surface area contributed by atoms with Gasteiger partial charge in [0.05, 0.1) is 5.69 Å². The molecular weight excluding hydrogens is 241 g/mol. The predicted octanol–water partition coefficient (Wildman–Crippen LogP) is 2.38. The first-order valence-electron chi connectivity index (χ1n) is 7.00. The summed E-state index contributed by atoms with van der Waals surface area (Å²) in [5.41, 5.74) is 7.59. The van der Waals surface area contributed by atoms with E-state index in [1.807, 2.05) is 13.0 Å². The van der Waals surface area contributed by atoms with Gasteiger partial charge in [0.25, 0.3) is 0 Å². The summed E-state index contributed by atoms with van der Waals surface area (Å²) in [6.45, 7) is 6.95. The van der Waals surface area contributed by atoms with Crippen LogP contribution < -0.4 is 10.6 Å². The maximum atomic E-state index is 14.3. The Labute approximate surface area is 115 Å². The van der Waals surface area contributed by atoms with Crippen LogP contribution in [0, 0.1) is 5.82 Å². The molecule has 1 aromatic rings. The molecule has 19 heavy (non-hydrogen) atoms. The minimum Gasteiger partial charge on any atom is -0.365 e. The second-order valence-corrected chi connectivity index (χ2v) is 5.62. The van der Waals surface area contributed by atoms with Crippen LogP contribution in [0.4, 0.5) is 10.1 Å². The average molecular weight is 265 g/mol. The zero-order valence-electron chi connectivity index (χ0n) is 12.1. The lowest BCUT2D eigenvalue weighted by atomic mass is 10.0. The molecule has 1 fully saturated rings. The number of benzene rings is 1. The normalized spacial score (nSPS) is 23.2. The first-order chi connectivity index (χ1) is 9.00. The number of halogens is 1. The van der Waals surface area contributed by atoms with E-state index in [0.29, 0.717) is 11.7 Å². The number of likely N-dealkylation sites (N-methyl/N-ethyl adjacent to an activating group) is 1. The van der Waals surface area contributed by atoms with Gasteiger partial charge in [-0.2, -0.15) is 0 Å². The van der Waals surface area contributed by atoms with Gasteiger partial charge in [-0.3, -0.25) is 0 Å². The van der Waals surface area contributed by atoms with E-state index in [2.05, 4.69) is 23.8 Å². The number of hydrogen-bond acceptors (Lipinski definition) is 3. The SMILES string of the molecule is CC(N)c1cccc(F)c1N1CCCN(C)CC1C. The number of hydrogen-bond donors (Lipinski definition) is 1. The highest BCUT2D eigenvalue weighted by atomic mass is 19.1. The molecule has 1 aliphatic rings. The Morgan fingerprint density at radius 2 is 2.11 bits per heavy atom. The Morgan fingerprint density at radius 3 is 2.79 bits per heavy atom. The third-order valence-electron chi connectivity index (χ3n) is 3.84. The summed E-state index contributed by atoms with van der Waals surface area (Å²) in [4.78, 5) is 4.48. The quantitative estimate of drug-likeness (QED) is 0.891. The Hall–Kier alpha value is -1.13. The molecule has 4 heteroatoms. The van der Waals surface area contributed by atoms with E-state index in [1.165, 1.54) is 6.07 Å². The summed E-state index contributed by atoms with van der Waals surface area (Å²) in [6.07, 6.45) is 1.05. The van der Waals surface area contributed by atoms with E-state index >= 15 is 0 Å². The van der Waals surface area contributed by atoms with E-state index in [9.17, 15) is 4.39 Å². The Bertz CT molecular complexity index is 433. The van der Waals surface area contributed by atoms with Gasteiger partial charge in [0.15, 0.2) is 0 Å². The molecule has 0 aromatic heterocycles. The van der Waals surface area contributed by atoms with Crippen molar-refractivity contribution in [2.45, 2.75) is 32.4 Å². The molecule has 2 unspecified atom stereocenters. The van der Waals surface area contributed by atoms with E-state index in [0.717, 1.165) is 31.6 Å². The topological polar surface area (TPSA) is 32.5 Å². The fourth-order valence-corrected chi connectivity index (χ4v) is 2.91. The van der Waals surface area contributed by atoms with Crippen molar-refractivity contribution in [3.05, 3.63) is 29.6 Å².